The molecule has 0 aliphatic rings. The van der Waals surface area contributed by atoms with Crippen molar-refractivity contribution in [2.45, 2.75) is 32.6 Å². The Hall–Kier alpha value is -0.870. The molecule has 0 bridgehead atoms. The van der Waals surface area contributed by atoms with E-state index in [1.807, 2.05) is 19.1 Å². The molecule has 1 atom stereocenters. The molecule has 0 aliphatic carbocycles. The van der Waals surface area contributed by atoms with Crippen molar-refractivity contribution in [1.82, 2.24) is 5.32 Å². The number of nitrogens with one attached hydrogen (secondary N) is 1. The maximum Gasteiger partial charge on any atom is 0.307 e. The number of rotatable bonds is 7. The second-order valence-corrected chi connectivity index (χ2v) is 6.38. The highest BCUT2D eigenvalue weighted by molar-refractivity contribution is 9.10. The van der Waals surface area contributed by atoms with Crippen LogP contribution in [0.5, 0.6) is 0 Å². The summed E-state index contributed by atoms with van der Waals surface area (Å²) in [6, 6.07) is 8.26. The lowest BCUT2D eigenvalue weighted by Gasteiger charge is -2.26. The van der Waals surface area contributed by atoms with E-state index in [1.54, 1.807) is 0 Å². The molecule has 0 saturated carbocycles. The van der Waals surface area contributed by atoms with Crippen LogP contribution in [0.1, 0.15) is 32.8 Å². The molecule has 0 saturated heterocycles. The van der Waals surface area contributed by atoms with E-state index >= 15 is 0 Å². The van der Waals surface area contributed by atoms with Gasteiger partial charge in [-0.3, -0.25) is 4.79 Å². The molecule has 0 fully saturated rings. The minimum Gasteiger partial charge on any atom is -0.481 e. The van der Waals surface area contributed by atoms with E-state index in [0.717, 1.165) is 11.0 Å². The Morgan fingerprint density at radius 3 is 2.42 bits per heavy atom. The highest BCUT2D eigenvalue weighted by atomic mass is 79.9. The number of aliphatic carboxylic acids is 1. The summed E-state index contributed by atoms with van der Waals surface area (Å²) < 4.78 is 1.07. The first-order valence-electron chi connectivity index (χ1n) is 6.56. The zero-order valence-corrected chi connectivity index (χ0v) is 13.3. The summed E-state index contributed by atoms with van der Waals surface area (Å²) in [5, 5.41) is 12.3. The van der Waals surface area contributed by atoms with Crippen molar-refractivity contribution in [2.75, 3.05) is 13.1 Å². The van der Waals surface area contributed by atoms with Gasteiger partial charge in [0.05, 0.1) is 5.92 Å². The van der Waals surface area contributed by atoms with Crippen LogP contribution < -0.4 is 5.32 Å². The SMILES string of the molecule is CCC(CNCC(C)(C)c1ccc(Br)cc1)C(=O)O. The third kappa shape index (κ3) is 4.96. The van der Waals surface area contributed by atoms with Crippen LogP contribution >= 0.6 is 15.9 Å². The van der Waals surface area contributed by atoms with Gasteiger partial charge in [-0.05, 0) is 24.1 Å². The van der Waals surface area contributed by atoms with Crippen LogP contribution in [-0.2, 0) is 10.2 Å². The maximum absolute atomic E-state index is 10.9. The van der Waals surface area contributed by atoms with E-state index in [0.29, 0.717) is 13.0 Å². The third-order valence-corrected chi connectivity index (χ3v) is 3.95. The number of hydrogen-bond acceptors (Lipinski definition) is 2. The summed E-state index contributed by atoms with van der Waals surface area (Å²) in [5.74, 6) is -1.03. The molecule has 1 unspecified atom stereocenters. The molecule has 0 radical (unpaired) electrons. The lowest BCUT2D eigenvalue weighted by atomic mass is 9.84. The molecule has 1 aromatic carbocycles. The first kappa shape index (κ1) is 16.2. The fourth-order valence-electron chi connectivity index (χ4n) is 1.97. The number of carboxylic acid groups (broad SMARTS) is 1. The van der Waals surface area contributed by atoms with Gasteiger partial charge in [-0.2, -0.15) is 0 Å². The molecule has 0 amide bonds. The van der Waals surface area contributed by atoms with E-state index in [2.05, 4.69) is 47.2 Å². The van der Waals surface area contributed by atoms with Gasteiger partial charge >= 0.3 is 5.97 Å². The maximum atomic E-state index is 10.9. The van der Waals surface area contributed by atoms with Gasteiger partial charge in [0.15, 0.2) is 0 Å². The summed E-state index contributed by atoms with van der Waals surface area (Å²) in [5.41, 5.74) is 1.23. The van der Waals surface area contributed by atoms with Crippen LogP contribution in [0.4, 0.5) is 0 Å². The summed E-state index contributed by atoms with van der Waals surface area (Å²) in [7, 11) is 0. The third-order valence-electron chi connectivity index (χ3n) is 3.43. The van der Waals surface area contributed by atoms with Crippen molar-refractivity contribution >= 4 is 21.9 Å². The largest absolute Gasteiger partial charge is 0.481 e. The molecule has 0 heterocycles. The molecule has 1 aromatic rings. The summed E-state index contributed by atoms with van der Waals surface area (Å²) in [6.45, 7) is 7.50. The molecule has 19 heavy (non-hydrogen) atoms. The number of benzene rings is 1. The minimum absolute atomic E-state index is 0.0164. The first-order chi connectivity index (χ1) is 8.86. The van der Waals surface area contributed by atoms with Gasteiger partial charge in [-0.1, -0.05) is 48.8 Å². The number of halogens is 1. The molecular weight excluding hydrogens is 306 g/mol. The van der Waals surface area contributed by atoms with Gasteiger partial charge in [-0.25, -0.2) is 0 Å². The van der Waals surface area contributed by atoms with Gasteiger partial charge in [0.2, 0.25) is 0 Å². The normalized spacial score (nSPS) is 13.3. The number of hydrogen-bond donors (Lipinski definition) is 2. The van der Waals surface area contributed by atoms with E-state index in [9.17, 15) is 4.79 Å². The van der Waals surface area contributed by atoms with Crippen molar-refractivity contribution in [2.24, 2.45) is 5.92 Å². The van der Waals surface area contributed by atoms with E-state index in [4.69, 9.17) is 5.11 Å². The van der Waals surface area contributed by atoms with Crippen LogP contribution in [0.15, 0.2) is 28.7 Å². The highest BCUT2D eigenvalue weighted by Gasteiger charge is 2.21. The summed E-state index contributed by atoms with van der Waals surface area (Å²) in [4.78, 5) is 10.9. The van der Waals surface area contributed by atoms with Crippen LogP contribution in [0, 0.1) is 5.92 Å². The highest BCUT2D eigenvalue weighted by Crippen LogP contribution is 2.24. The predicted molar refractivity (Wildman–Crippen MR) is 81.5 cm³/mol. The average molecular weight is 328 g/mol. The van der Waals surface area contributed by atoms with Gasteiger partial charge in [0.1, 0.15) is 0 Å². The number of carbonyl (C=O) groups is 1. The minimum atomic E-state index is -0.726. The fourth-order valence-corrected chi connectivity index (χ4v) is 2.23. The van der Waals surface area contributed by atoms with Crippen LogP contribution in [0.25, 0.3) is 0 Å². The van der Waals surface area contributed by atoms with Gasteiger partial charge in [0, 0.05) is 23.0 Å². The van der Waals surface area contributed by atoms with Crippen LogP contribution in [0.2, 0.25) is 0 Å². The molecule has 3 nitrogen and oxygen atoms in total. The van der Waals surface area contributed by atoms with Crippen molar-refractivity contribution in [3.63, 3.8) is 0 Å². The molecule has 0 aliphatic heterocycles. The van der Waals surface area contributed by atoms with Gasteiger partial charge < -0.3 is 10.4 Å². The lowest BCUT2D eigenvalue weighted by Crippen LogP contribution is -2.37. The zero-order valence-electron chi connectivity index (χ0n) is 11.7. The fraction of sp³-hybridized carbons (Fsp3) is 0.533. The van der Waals surface area contributed by atoms with E-state index in [1.165, 1.54) is 5.56 Å². The Kier molecular flexibility index (Phi) is 6.01. The van der Waals surface area contributed by atoms with Gasteiger partial charge in [0.25, 0.3) is 0 Å². The molecule has 1 rings (SSSR count). The van der Waals surface area contributed by atoms with Crippen molar-refractivity contribution in [3.8, 4) is 0 Å². The second-order valence-electron chi connectivity index (χ2n) is 5.47. The quantitative estimate of drug-likeness (QED) is 0.806. The van der Waals surface area contributed by atoms with Gasteiger partial charge in [-0.15, -0.1) is 0 Å². The Labute approximate surface area is 123 Å². The predicted octanol–water partition coefficient (Wildman–Crippen LogP) is 3.43. The Balaban J connectivity index is 2.55. The second kappa shape index (κ2) is 7.06. The zero-order chi connectivity index (χ0) is 14.5. The number of carboxylic acids is 1. The molecule has 106 valence electrons. The molecule has 4 heteroatoms. The van der Waals surface area contributed by atoms with Crippen molar-refractivity contribution < 1.29 is 9.90 Å². The Morgan fingerprint density at radius 1 is 1.37 bits per heavy atom. The van der Waals surface area contributed by atoms with E-state index in [-0.39, 0.29) is 11.3 Å². The standard InChI is InChI=1S/C15H22BrNO2/c1-4-11(14(18)19)9-17-10-15(2,3)12-5-7-13(16)8-6-12/h5-8,11,17H,4,9-10H2,1-3H3,(H,18,19). The van der Waals surface area contributed by atoms with Crippen LogP contribution in [0.3, 0.4) is 0 Å². The molecule has 0 spiro atoms. The summed E-state index contributed by atoms with van der Waals surface area (Å²) >= 11 is 3.43. The Bertz CT molecular complexity index is 415. The smallest absolute Gasteiger partial charge is 0.307 e. The molecule has 2 N–H and O–H groups in total. The molecular formula is C15H22BrNO2. The van der Waals surface area contributed by atoms with E-state index < -0.39 is 5.97 Å². The van der Waals surface area contributed by atoms with Crippen molar-refractivity contribution in [3.05, 3.63) is 34.3 Å². The topological polar surface area (TPSA) is 49.3 Å². The lowest BCUT2D eigenvalue weighted by molar-refractivity contribution is -0.141. The Morgan fingerprint density at radius 2 is 1.95 bits per heavy atom. The van der Waals surface area contributed by atoms with Crippen LogP contribution in [-0.4, -0.2) is 24.2 Å². The monoisotopic (exact) mass is 327 g/mol. The van der Waals surface area contributed by atoms with Crippen molar-refractivity contribution in [1.29, 1.82) is 0 Å². The average Bonchev–Trinajstić information content (AvgIpc) is 2.34. The summed E-state index contributed by atoms with van der Waals surface area (Å²) in [6.07, 6.45) is 0.654. The first-order valence-corrected chi connectivity index (χ1v) is 7.35. The molecule has 0 aromatic heterocycles.